The highest BCUT2D eigenvalue weighted by molar-refractivity contribution is 7.92. The lowest BCUT2D eigenvalue weighted by molar-refractivity contribution is 0.182. The summed E-state index contributed by atoms with van der Waals surface area (Å²) in [7, 11) is -1.43. The summed E-state index contributed by atoms with van der Waals surface area (Å²) in [5, 5.41) is 3.25. The van der Waals surface area contributed by atoms with E-state index in [-0.39, 0.29) is 24.0 Å². The Balaban J connectivity index is 2.02. The van der Waals surface area contributed by atoms with Crippen LogP contribution in [0.25, 0.3) is 5.65 Å². The van der Waals surface area contributed by atoms with Gasteiger partial charge in [-0.05, 0) is 12.1 Å². The summed E-state index contributed by atoms with van der Waals surface area (Å²) in [4.78, 5) is 11.3. The Bertz CT molecular complexity index is 1020. The Hall–Kier alpha value is -2.86. The maximum absolute atomic E-state index is 13.4. The summed E-state index contributed by atoms with van der Waals surface area (Å²) in [6.07, 6.45) is 1.51. The average Bonchev–Trinajstić information content (AvgIpc) is 3.00. The first-order chi connectivity index (χ1) is 11.9. The number of pyridine rings is 1. The molecule has 12 heteroatoms. The largest absolute Gasteiger partial charge is 0.467 e. The average molecular weight is 368 g/mol. The minimum absolute atomic E-state index is 0.0620. The van der Waals surface area contributed by atoms with E-state index in [0.29, 0.717) is 5.69 Å². The molecule has 25 heavy (non-hydrogen) atoms. The van der Waals surface area contributed by atoms with Crippen LogP contribution in [0.3, 0.4) is 0 Å². The molecule has 3 heterocycles. The Labute approximate surface area is 141 Å². The van der Waals surface area contributed by atoms with E-state index in [9.17, 15) is 12.8 Å². The number of rotatable bonds is 6. The van der Waals surface area contributed by atoms with Crippen molar-refractivity contribution >= 4 is 21.4 Å². The van der Waals surface area contributed by atoms with E-state index in [4.69, 9.17) is 9.47 Å². The third-order valence-electron chi connectivity index (χ3n) is 3.08. The molecule has 0 saturated carbocycles. The van der Waals surface area contributed by atoms with Crippen molar-refractivity contribution < 1.29 is 22.3 Å². The highest BCUT2D eigenvalue weighted by Crippen LogP contribution is 2.19. The lowest BCUT2D eigenvalue weighted by atomic mass is 10.3. The van der Waals surface area contributed by atoms with Crippen LogP contribution in [0, 0.1) is 5.95 Å². The fourth-order valence-corrected chi connectivity index (χ4v) is 3.00. The van der Waals surface area contributed by atoms with E-state index in [0.717, 1.165) is 10.6 Å². The van der Waals surface area contributed by atoms with Gasteiger partial charge in [-0.15, -0.1) is 5.10 Å². The Kier molecular flexibility index (Phi) is 4.46. The summed E-state index contributed by atoms with van der Waals surface area (Å²) in [6.45, 7) is 0.111. The first-order valence-corrected chi connectivity index (χ1v) is 8.36. The zero-order chi connectivity index (χ0) is 18.0. The van der Waals surface area contributed by atoms with Crippen LogP contribution in [-0.2, 0) is 21.4 Å². The Morgan fingerprint density at radius 3 is 2.84 bits per heavy atom. The van der Waals surface area contributed by atoms with Crippen LogP contribution in [0.1, 0.15) is 5.69 Å². The molecule has 0 radical (unpaired) electrons. The van der Waals surface area contributed by atoms with Crippen molar-refractivity contribution in [3.8, 4) is 6.01 Å². The van der Waals surface area contributed by atoms with Crippen LogP contribution in [0.2, 0.25) is 0 Å². The van der Waals surface area contributed by atoms with Gasteiger partial charge in [0, 0.05) is 19.4 Å². The topological polar surface area (TPSA) is 121 Å². The predicted molar refractivity (Wildman–Crippen MR) is 83.1 cm³/mol. The van der Waals surface area contributed by atoms with Crippen molar-refractivity contribution in [2.45, 2.75) is 11.8 Å². The van der Waals surface area contributed by atoms with Crippen LogP contribution in [0.5, 0.6) is 6.01 Å². The fourth-order valence-electron chi connectivity index (χ4n) is 2.04. The summed E-state index contributed by atoms with van der Waals surface area (Å²) in [6, 6.07) is 3.80. The molecule has 132 valence electrons. The number of hydrogen-bond donors (Lipinski definition) is 1. The van der Waals surface area contributed by atoms with E-state index in [2.05, 4.69) is 24.8 Å². The molecule has 1 N–H and O–H groups in total. The molecule has 0 saturated heterocycles. The van der Waals surface area contributed by atoms with E-state index in [1.165, 1.54) is 26.5 Å². The van der Waals surface area contributed by atoms with Crippen molar-refractivity contribution in [1.82, 2.24) is 24.6 Å². The summed E-state index contributed by atoms with van der Waals surface area (Å²) in [5.41, 5.74) is 0.551. The van der Waals surface area contributed by atoms with Gasteiger partial charge in [0.25, 0.3) is 15.2 Å². The Morgan fingerprint density at radius 2 is 2.12 bits per heavy atom. The number of anilines is 1. The first-order valence-electron chi connectivity index (χ1n) is 6.87. The van der Waals surface area contributed by atoms with Crippen LogP contribution >= 0.6 is 0 Å². The molecule has 0 aliphatic carbocycles. The quantitative estimate of drug-likeness (QED) is 0.629. The van der Waals surface area contributed by atoms with Crippen molar-refractivity contribution in [3.63, 3.8) is 0 Å². The van der Waals surface area contributed by atoms with Crippen LogP contribution < -0.4 is 9.46 Å². The van der Waals surface area contributed by atoms with Gasteiger partial charge in [0.2, 0.25) is 5.95 Å². The highest BCUT2D eigenvalue weighted by Gasteiger charge is 2.24. The van der Waals surface area contributed by atoms with Gasteiger partial charge in [0.15, 0.2) is 5.65 Å². The molecule has 0 amide bonds. The maximum atomic E-state index is 13.4. The molecule has 0 aliphatic heterocycles. The number of nitrogens with zero attached hydrogens (tertiary/aromatic N) is 5. The minimum Gasteiger partial charge on any atom is -0.467 e. The molecule has 3 aromatic rings. The number of ether oxygens (including phenoxy) is 2. The lowest BCUT2D eigenvalue weighted by Crippen LogP contribution is -2.16. The zero-order valence-electron chi connectivity index (χ0n) is 13.2. The molecule has 3 rings (SSSR count). The zero-order valence-corrected chi connectivity index (χ0v) is 14.0. The lowest BCUT2D eigenvalue weighted by Gasteiger charge is -2.09. The second-order valence-corrected chi connectivity index (χ2v) is 6.34. The van der Waals surface area contributed by atoms with E-state index in [1.54, 1.807) is 6.07 Å². The minimum atomic E-state index is -4.15. The number of methoxy groups -OCH3 is 2. The molecular formula is C13H13FN6O4S. The van der Waals surface area contributed by atoms with Gasteiger partial charge >= 0.3 is 6.01 Å². The van der Waals surface area contributed by atoms with Crippen molar-refractivity contribution in [1.29, 1.82) is 0 Å². The molecular weight excluding hydrogens is 355 g/mol. The number of nitrogens with one attached hydrogen (secondary N) is 1. The van der Waals surface area contributed by atoms with E-state index >= 15 is 0 Å². The molecule has 0 fully saturated rings. The molecule has 10 nitrogen and oxygen atoms in total. The number of hydrogen-bond acceptors (Lipinski definition) is 8. The first kappa shape index (κ1) is 17.0. The standard InChI is InChI=1S/C13H13FN6O4S/c1-23-7-9-8(4-3-5-15-9)19-25(21,22)12-17-11-6-10(14)16-13(24-2)20(11)18-12/h3-6,19H,7H2,1-2H3. The van der Waals surface area contributed by atoms with E-state index in [1.807, 2.05) is 0 Å². The molecule has 0 spiro atoms. The smallest absolute Gasteiger partial charge is 0.322 e. The van der Waals surface area contributed by atoms with E-state index < -0.39 is 21.1 Å². The normalized spacial score (nSPS) is 11.6. The summed E-state index contributed by atoms with van der Waals surface area (Å²) in [5.74, 6) is -0.872. The second kappa shape index (κ2) is 6.57. The summed E-state index contributed by atoms with van der Waals surface area (Å²) >= 11 is 0. The molecule has 3 aromatic heterocycles. The van der Waals surface area contributed by atoms with Crippen molar-refractivity contribution in [2.75, 3.05) is 18.9 Å². The van der Waals surface area contributed by atoms with Crippen LogP contribution in [0.15, 0.2) is 29.6 Å². The molecule has 0 aliphatic rings. The van der Waals surface area contributed by atoms with Gasteiger partial charge in [-0.25, -0.2) is 0 Å². The number of fused-ring (bicyclic) bond motifs is 1. The van der Waals surface area contributed by atoms with Crippen LogP contribution in [0.4, 0.5) is 10.1 Å². The third-order valence-corrected chi connectivity index (χ3v) is 4.23. The number of halogens is 1. The third kappa shape index (κ3) is 3.34. The maximum Gasteiger partial charge on any atom is 0.322 e. The van der Waals surface area contributed by atoms with Gasteiger partial charge in [0.05, 0.1) is 25.1 Å². The van der Waals surface area contributed by atoms with Gasteiger partial charge < -0.3 is 9.47 Å². The molecule has 0 aromatic carbocycles. The molecule has 0 unspecified atom stereocenters. The SMILES string of the molecule is COCc1ncccc1NS(=O)(=O)c1nc2cc(F)nc(OC)n2n1. The molecule has 0 bridgehead atoms. The highest BCUT2D eigenvalue weighted by atomic mass is 32.2. The summed E-state index contributed by atoms with van der Waals surface area (Å²) < 4.78 is 51.7. The number of sulfonamides is 1. The number of aromatic nitrogens is 5. The predicted octanol–water partition coefficient (Wildman–Crippen LogP) is 0.614. The monoisotopic (exact) mass is 368 g/mol. The van der Waals surface area contributed by atoms with Crippen molar-refractivity contribution in [2.24, 2.45) is 0 Å². The van der Waals surface area contributed by atoms with Gasteiger partial charge in [-0.3, -0.25) is 9.71 Å². The van der Waals surface area contributed by atoms with Gasteiger partial charge in [-0.2, -0.15) is 27.3 Å². The Morgan fingerprint density at radius 1 is 1.32 bits per heavy atom. The second-order valence-electron chi connectivity index (χ2n) is 4.77. The fraction of sp³-hybridized carbons (Fsp3) is 0.231. The van der Waals surface area contributed by atoms with Crippen molar-refractivity contribution in [3.05, 3.63) is 36.0 Å². The van der Waals surface area contributed by atoms with Gasteiger partial charge in [0.1, 0.15) is 0 Å². The van der Waals surface area contributed by atoms with Crippen LogP contribution in [-0.4, -0.2) is 47.2 Å². The van der Waals surface area contributed by atoms with Gasteiger partial charge in [-0.1, -0.05) is 0 Å². The molecule has 0 atom stereocenters.